The number of nitrogens with one attached hydrogen (secondary N) is 16. The van der Waals surface area contributed by atoms with Gasteiger partial charge in [-0.05, 0) is 230 Å². The van der Waals surface area contributed by atoms with Crippen molar-refractivity contribution in [3.63, 3.8) is 0 Å². The Hall–Kier alpha value is -10.1. The van der Waals surface area contributed by atoms with E-state index in [0.29, 0.717) is 109 Å². The molecule has 16 N–H and O–H groups in total. The summed E-state index contributed by atoms with van der Waals surface area (Å²) in [7, 11) is 0. The lowest BCUT2D eigenvalue weighted by Crippen LogP contribution is -2.43. The Kier molecular flexibility index (Phi) is 58.3. The average Bonchev–Trinajstić information content (AvgIpc) is 0.867. The Bertz CT molecular complexity index is 3770. The maximum atomic E-state index is 12.4. The van der Waals surface area contributed by atoms with Crippen LogP contribution in [-0.4, -0.2) is 149 Å². The van der Waals surface area contributed by atoms with Crippen molar-refractivity contribution in [2.24, 2.45) is 23.7 Å². The van der Waals surface area contributed by atoms with Crippen LogP contribution >= 0.6 is 0 Å². The molecule has 0 aromatic heterocycles. The third kappa shape index (κ3) is 55.2. The summed E-state index contributed by atoms with van der Waals surface area (Å²) in [6.45, 7) is 49.3. The lowest BCUT2D eigenvalue weighted by molar-refractivity contribution is -0.144. The van der Waals surface area contributed by atoms with Gasteiger partial charge in [-0.25, -0.2) is 38.4 Å². The van der Waals surface area contributed by atoms with E-state index in [4.69, 9.17) is 18.9 Å². The minimum Gasteiger partial charge on any atom is -0.466 e. The molecule has 6 atom stereocenters. The van der Waals surface area contributed by atoms with Crippen molar-refractivity contribution in [3.8, 4) is 0 Å². The molecule has 0 aliphatic rings. The number of rotatable bonds is 48. The van der Waals surface area contributed by atoms with Crippen LogP contribution in [-0.2, 0) is 28.5 Å². The van der Waals surface area contributed by atoms with Gasteiger partial charge in [-0.1, -0.05) is 157 Å². The molecular formula is C94H160N16O14. The minimum absolute atomic E-state index is 0.0615. The summed E-state index contributed by atoms with van der Waals surface area (Å²) in [4.78, 5) is 121. The molecule has 0 aliphatic carbocycles. The van der Waals surface area contributed by atoms with E-state index in [1.54, 1.807) is 70.2 Å². The summed E-state index contributed by atoms with van der Waals surface area (Å²) < 4.78 is 21.3. The first-order valence-electron chi connectivity index (χ1n) is 45.3. The van der Waals surface area contributed by atoms with E-state index in [1.165, 1.54) is 64.2 Å². The first-order valence-corrected chi connectivity index (χ1v) is 45.3. The lowest BCUT2D eigenvalue weighted by Gasteiger charge is -2.22. The molecule has 4 rings (SSSR count). The molecular weight excluding hydrogens is 1580 g/mol. The Balaban J connectivity index is 0.000000839. The number of benzene rings is 4. The monoisotopic (exact) mass is 1740 g/mol. The molecule has 0 aliphatic heterocycles. The molecule has 4 aromatic carbocycles. The van der Waals surface area contributed by atoms with Gasteiger partial charge in [-0.15, -0.1) is 0 Å². The molecule has 0 saturated carbocycles. The third-order valence-corrected chi connectivity index (χ3v) is 19.7. The zero-order valence-corrected chi connectivity index (χ0v) is 79.3. The molecule has 0 saturated heterocycles. The Morgan fingerprint density at radius 1 is 0.331 bits per heavy atom. The van der Waals surface area contributed by atoms with Gasteiger partial charge in [-0.3, -0.25) is 9.59 Å². The van der Waals surface area contributed by atoms with Crippen LogP contribution in [0.15, 0.2) is 72.8 Å². The molecule has 124 heavy (non-hydrogen) atoms. The number of ether oxygens (including phenoxy) is 4. The van der Waals surface area contributed by atoms with Crippen LogP contribution in [0.1, 0.15) is 275 Å². The number of esters is 2. The molecule has 0 heterocycles. The van der Waals surface area contributed by atoms with Crippen LogP contribution < -0.4 is 85.1 Å². The topological polar surface area (TPSA) is 400 Å². The van der Waals surface area contributed by atoms with Gasteiger partial charge in [0.2, 0.25) is 0 Å². The fourth-order valence-electron chi connectivity index (χ4n) is 12.2. The number of amides is 16. The van der Waals surface area contributed by atoms with Crippen LogP contribution in [0.2, 0.25) is 0 Å². The van der Waals surface area contributed by atoms with Crippen molar-refractivity contribution in [2.45, 2.75) is 304 Å². The van der Waals surface area contributed by atoms with E-state index in [9.17, 15) is 47.9 Å². The summed E-state index contributed by atoms with van der Waals surface area (Å²) >= 11 is 0. The molecule has 0 bridgehead atoms. The average molecular weight is 1740 g/mol. The Morgan fingerprint density at radius 3 is 0.911 bits per heavy atom. The Labute approximate surface area is 742 Å². The summed E-state index contributed by atoms with van der Waals surface area (Å²) in [6, 6.07) is 18.1. The number of urea groups is 8. The number of unbranched alkanes of at least 4 members (excludes halogenated alkanes) is 4. The zero-order valence-electron chi connectivity index (χ0n) is 79.3. The maximum Gasteiger partial charge on any atom is 0.319 e. The van der Waals surface area contributed by atoms with Crippen LogP contribution in [0, 0.1) is 51.4 Å². The predicted octanol–water partition coefficient (Wildman–Crippen LogP) is 20.9. The van der Waals surface area contributed by atoms with Gasteiger partial charge in [0, 0.05) is 121 Å². The van der Waals surface area contributed by atoms with Crippen LogP contribution in [0.3, 0.4) is 0 Å². The quantitative estimate of drug-likeness (QED) is 0.0144. The fraction of sp³-hybridized carbons (Fsp3) is 0.638. The van der Waals surface area contributed by atoms with Gasteiger partial charge >= 0.3 is 60.2 Å². The summed E-state index contributed by atoms with van der Waals surface area (Å²) in [6.07, 6.45) is 20.4. The summed E-state index contributed by atoms with van der Waals surface area (Å²) in [5, 5.41) is 45.1. The lowest BCUT2D eigenvalue weighted by atomic mass is 9.99. The number of aryl methyl sites for hydroxylation is 4. The number of carbonyl (C=O) groups excluding carboxylic acids is 10. The highest BCUT2D eigenvalue weighted by atomic mass is 16.5. The minimum atomic E-state index is -0.487. The van der Waals surface area contributed by atoms with Gasteiger partial charge < -0.3 is 104 Å². The van der Waals surface area contributed by atoms with E-state index >= 15 is 0 Å². The second-order valence-electron chi connectivity index (χ2n) is 33.7. The van der Waals surface area contributed by atoms with Gasteiger partial charge in [0.1, 0.15) is 0 Å². The largest absolute Gasteiger partial charge is 0.466 e. The number of hydrogen-bond acceptors (Lipinski definition) is 14. The van der Waals surface area contributed by atoms with Crippen molar-refractivity contribution in [3.05, 3.63) is 95.1 Å². The van der Waals surface area contributed by atoms with E-state index in [2.05, 4.69) is 140 Å². The van der Waals surface area contributed by atoms with Gasteiger partial charge in [0.05, 0.1) is 26.1 Å². The maximum absolute atomic E-state index is 12.4. The van der Waals surface area contributed by atoms with Crippen molar-refractivity contribution in [2.75, 3.05) is 108 Å². The molecule has 4 aromatic rings. The van der Waals surface area contributed by atoms with Crippen LogP contribution in [0.25, 0.3) is 0 Å². The molecule has 0 spiro atoms. The Morgan fingerprint density at radius 2 is 0.597 bits per heavy atom. The van der Waals surface area contributed by atoms with E-state index in [0.717, 1.165) is 86.8 Å². The van der Waals surface area contributed by atoms with Gasteiger partial charge in [-0.2, -0.15) is 0 Å². The summed E-state index contributed by atoms with van der Waals surface area (Å²) in [5.41, 5.74) is 7.79. The first kappa shape index (κ1) is 112. The molecule has 30 nitrogen and oxygen atoms in total. The molecule has 0 radical (unpaired) electrons. The predicted molar refractivity (Wildman–Crippen MR) is 506 cm³/mol. The van der Waals surface area contributed by atoms with E-state index < -0.39 is 24.1 Å². The van der Waals surface area contributed by atoms with Crippen molar-refractivity contribution < 1.29 is 66.9 Å². The third-order valence-electron chi connectivity index (χ3n) is 19.7. The van der Waals surface area contributed by atoms with Crippen LogP contribution in [0.5, 0.6) is 0 Å². The molecule has 0 fully saturated rings. The number of anilines is 8. The van der Waals surface area contributed by atoms with Gasteiger partial charge in [0.15, 0.2) is 0 Å². The first-order chi connectivity index (χ1) is 58.8. The zero-order chi connectivity index (χ0) is 93.0. The number of carbonyl (C=O) groups is 10. The molecule has 30 heteroatoms. The molecule has 16 amide bonds. The highest BCUT2D eigenvalue weighted by Gasteiger charge is 2.21. The van der Waals surface area contributed by atoms with Crippen LogP contribution in [0.4, 0.5) is 83.9 Å². The highest BCUT2D eigenvalue weighted by molar-refractivity contribution is 5.97. The fourth-order valence-corrected chi connectivity index (χ4v) is 12.2. The highest BCUT2D eigenvalue weighted by Crippen LogP contribution is 2.26. The normalized spacial score (nSPS) is 12.3. The standard InChI is InChI=1S/C31H56N4O4.C25H44N4O2.C21H32N4O6.C17H28N4O2/c1-6-10-14-26(8-3)23-38-20-12-18-32-30(36)34-28-17-16-25(5)29(22-28)35-31(37)33-19-13-21-39-24-27(9-4)15-11-7-2;1-6-10-12-20(8-3)17-26-24(30)28-22-15-14-19(5)23(16-22)29-25(31)27-18-21(9-4)13-11-7-2;1-6-30-18(26)10-14(4)22-20(28)24-16-9-8-13(3)17(12-16)25-21(29)23-15(5)11-19(27)31-7-2;1-11-8-9-12(18-14(22)20-16(2,3)4)10-13(11)19-15(23)21-17(5,6)7/h16-17,22,26-27H,6-15,18-21,23-24H2,1-5H3,(H2,32,34,36)(H2,33,35,37);14-16,20-21H,6-13,17-18H2,1-5H3,(H2,26,28,30)(H2,27,29,31);8-9,12,14-15H,6-7,10-11H2,1-5H3,(H2,22,24,28)(H2,23,25,29);8-10H,1-7H3,(H2,18,20,22)(H2,19,21,23). The smallest absolute Gasteiger partial charge is 0.319 e. The second kappa shape index (κ2) is 64.6. The van der Waals surface area contributed by atoms with Crippen molar-refractivity contribution >= 4 is 106 Å². The van der Waals surface area contributed by atoms with Crippen molar-refractivity contribution in [1.29, 1.82) is 0 Å². The van der Waals surface area contributed by atoms with Crippen molar-refractivity contribution in [1.82, 2.24) is 42.5 Å². The van der Waals surface area contributed by atoms with Gasteiger partial charge in [0.25, 0.3) is 0 Å². The number of hydrogen-bond donors (Lipinski definition) is 16. The van der Waals surface area contributed by atoms with E-state index in [-0.39, 0.29) is 85.3 Å². The molecule has 6 unspecified atom stereocenters. The summed E-state index contributed by atoms with van der Waals surface area (Å²) in [5.74, 6) is 1.49. The SMILES string of the molecule is CCCCC(CC)CNC(=O)Nc1ccc(C)c(NC(=O)NCC(CC)CCCC)c1.CCCCC(CC)COCCCNC(=O)Nc1ccc(C)c(NC(=O)NCCCOCC(CC)CCCC)c1.CCOC(=O)CC(C)NC(=O)Nc1ccc(C)c(NC(=O)NC(C)CC(=O)OCC)c1.Cc1ccc(NC(=O)NC(C)(C)C)cc1NC(=O)NC(C)(C)C. The van der Waals surface area contributed by atoms with E-state index in [1.807, 2.05) is 99.6 Å². The second-order valence-corrected chi connectivity index (χ2v) is 33.7. The molecule has 700 valence electrons.